The molecule has 0 N–H and O–H groups in total. The van der Waals surface area contributed by atoms with E-state index < -0.39 is 0 Å². The molecule has 1 saturated heterocycles. The molecule has 0 bridgehead atoms. The Balaban J connectivity index is 2.10. The number of halogens is 2. The fraction of sp³-hybridized carbons (Fsp3) is 0.455. The van der Waals surface area contributed by atoms with Gasteiger partial charge in [-0.1, -0.05) is 11.6 Å². The van der Waals surface area contributed by atoms with Crippen molar-refractivity contribution in [2.75, 3.05) is 6.61 Å². The average Bonchev–Trinajstić information content (AvgIpc) is 2.68. The summed E-state index contributed by atoms with van der Waals surface area (Å²) in [5.41, 5.74) is 0.952. The molecule has 0 amide bonds. The van der Waals surface area contributed by atoms with Crippen molar-refractivity contribution in [3.8, 4) is 0 Å². The zero-order valence-corrected chi connectivity index (χ0v) is 11.4. The number of aromatic nitrogens is 3. The number of pyridine rings is 1. The van der Waals surface area contributed by atoms with E-state index in [1.807, 2.05) is 10.7 Å². The summed E-state index contributed by atoms with van der Waals surface area (Å²) < 4.78 is 8.41. The summed E-state index contributed by atoms with van der Waals surface area (Å²) in [5.74, 6) is 0. The van der Waals surface area contributed by atoms with Gasteiger partial charge in [-0.15, -0.1) is 0 Å². The Morgan fingerprint density at radius 1 is 1.47 bits per heavy atom. The van der Waals surface area contributed by atoms with Gasteiger partial charge in [-0.25, -0.2) is 9.67 Å². The zero-order valence-electron chi connectivity index (χ0n) is 9.07. The van der Waals surface area contributed by atoms with Gasteiger partial charge in [0, 0.05) is 12.0 Å². The summed E-state index contributed by atoms with van der Waals surface area (Å²) in [4.78, 5) is 4.10. The van der Waals surface area contributed by atoms with Crippen LogP contribution in [0.4, 0.5) is 0 Å². The molecular weight excluding hydrogens is 305 g/mol. The van der Waals surface area contributed by atoms with Crippen molar-refractivity contribution in [3.63, 3.8) is 0 Å². The van der Waals surface area contributed by atoms with E-state index in [1.165, 1.54) is 6.42 Å². The van der Waals surface area contributed by atoms with Gasteiger partial charge in [0.1, 0.15) is 9.76 Å². The van der Waals surface area contributed by atoms with E-state index in [-0.39, 0.29) is 6.23 Å². The number of fused-ring (bicyclic) bond motifs is 1. The molecule has 1 aliphatic heterocycles. The largest absolute Gasteiger partial charge is 0.356 e. The molecule has 0 spiro atoms. The van der Waals surface area contributed by atoms with E-state index >= 15 is 0 Å². The Morgan fingerprint density at radius 2 is 2.35 bits per heavy atom. The lowest BCUT2D eigenvalue weighted by Crippen LogP contribution is -2.19. The van der Waals surface area contributed by atoms with Crippen LogP contribution in [0.1, 0.15) is 25.5 Å². The molecule has 0 radical (unpaired) electrons. The van der Waals surface area contributed by atoms with Gasteiger partial charge in [-0.2, -0.15) is 5.10 Å². The van der Waals surface area contributed by atoms with Crippen LogP contribution in [0.3, 0.4) is 0 Å². The van der Waals surface area contributed by atoms with Crippen LogP contribution in [0.15, 0.2) is 16.9 Å². The second-order valence-corrected chi connectivity index (χ2v) is 5.22. The Hall–Kier alpha value is -0.650. The molecule has 90 valence electrons. The fourth-order valence-corrected chi connectivity index (χ4v) is 2.76. The van der Waals surface area contributed by atoms with Crippen LogP contribution in [0.2, 0.25) is 5.15 Å². The molecule has 6 heteroatoms. The van der Waals surface area contributed by atoms with Crippen molar-refractivity contribution in [2.45, 2.75) is 25.5 Å². The first-order valence-corrected chi connectivity index (χ1v) is 6.73. The standard InChI is InChI=1S/C11H11BrClN3O/c12-11-7-5-9(13)14-6-8(7)16(15-11)10-3-1-2-4-17-10/h5-6,10H,1-4H2. The van der Waals surface area contributed by atoms with Gasteiger partial charge >= 0.3 is 0 Å². The first kappa shape index (κ1) is 11.4. The number of nitrogens with zero attached hydrogens (tertiary/aromatic N) is 3. The van der Waals surface area contributed by atoms with Gasteiger partial charge in [0.25, 0.3) is 0 Å². The van der Waals surface area contributed by atoms with E-state index in [2.05, 4.69) is 26.0 Å². The van der Waals surface area contributed by atoms with E-state index in [9.17, 15) is 0 Å². The van der Waals surface area contributed by atoms with E-state index in [0.29, 0.717) is 5.15 Å². The first-order valence-electron chi connectivity index (χ1n) is 5.56. The normalized spacial score (nSPS) is 20.9. The summed E-state index contributed by atoms with van der Waals surface area (Å²) in [5, 5.41) is 5.91. The van der Waals surface area contributed by atoms with Gasteiger partial charge in [0.15, 0.2) is 6.23 Å². The predicted octanol–water partition coefficient (Wildman–Crippen LogP) is 3.55. The van der Waals surface area contributed by atoms with E-state index in [1.54, 1.807) is 6.20 Å². The van der Waals surface area contributed by atoms with Gasteiger partial charge in [-0.3, -0.25) is 0 Å². The Kier molecular flexibility index (Phi) is 3.06. The first-order chi connectivity index (χ1) is 8.25. The summed E-state index contributed by atoms with van der Waals surface area (Å²) in [6.45, 7) is 0.796. The minimum atomic E-state index is 0.0144. The maximum Gasteiger partial charge on any atom is 0.150 e. The van der Waals surface area contributed by atoms with Crippen molar-refractivity contribution in [1.29, 1.82) is 0 Å². The summed E-state index contributed by atoms with van der Waals surface area (Å²) in [6.07, 6.45) is 5.05. The molecule has 0 saturated carbocycles. The summed E-state index contributed by atoms with van der Waals surface area (Å²) in [6, 6.07) is 1.81. The van der Waals surface area contributed by atoms with Crippen LogP contribution < -0.4 is 0 Å². The van der Waals surface area contributed by atoms with Crippen LogP contribution in [0.25, 0.3) is 10.9 Å². The lowest BCUT2D eigenvalue weighted by Gasteiger charge is -2.23. The van der Waals surface area contributed by atoms with Crippen molar-refractivity contribution in [3.05, 3.63) is 22.0 Å². The third-order valence-corrected chi connectivity index (χ3v) is 3.74. The molecule has 1 atom stereocenters. The van der Waals surface area contributed by atoms with Crippen molar-refractivity contribution >= 4 is 38.4 Å². The van der Waals surface area contributed by atoms with Crippen molar-refractivity contribution in [1.82, 2.24) is 14.8 Å². The summed E-state index contributed by atoms with van der Waals surface area (Å²) >= 11 is 9.33. The maximum atomic E-state index is 5.89. The highest BCUT2D eigenvalue weighted by molar-refractivity contribution is 9.10. The van der Waals surface area contributed by atoms with Crippen LogP contribution >= 0.6 is 27.5 Å². The highest BCUT2D eigenvalue weighted by Crippen LogP contribution is 2.30. The fourth-order valence-electron chi connectivity index (χ4n) is 2.11. The quantitative estimate of drug-likeness (QED) is 0.755. The molecule has 2 aromatic rings. The molecule has 1 fully saturated rings. The number of ether oxygens (including phenoxy) is 1. The van der Waals surface area contributed by atoms with Crippen molar-refractivity contribution < 1.29 is 4.74 Å². The number of rotatable bonds is 1. The molecule has 0 aliphatic carbocycles. The SMILES string of the molecule is Clc1cc2c(Br)nn(C3CCCCO3)c2cn1. The van der Waals surface area contributed by atoms with Crippen LogP contribution in [-0.2, 0) is 4.74 Å². The van der Waals surface area contributed by atoms with Gasteiger partial charge in [0.05, 0.1) is 11.7 Å². The molecule has 1 aliphatic rings. The predicted molar refractivity (Wildman–Crippen MR) is 69.1 cm³/mol. The molecule has 4 nitrogen and oxygen atoms in total. The Morgan fingerprint density at radius 3 is 3.12 bits per heavy atom. The smallest absolute Gasteiger partial charge is 0.150 e. The lowest BCUT2D eigenvalue weighted by atomic mass is 10.2. The molecule has 0 aromatic carbocycles. The minimum absolute atomic E-state index is 0.0144. The minimum Gasteiger partial charge on any atom is -0.356 e. The highest BCUT2D eigenvalue weighted by atomic mass is 79.9. The number of hydrogen-bond acceptors (Lipinski definition) is 3. The van der Waals surface area contributed by atoms with Crippen LogP contribution in [0, 0.1) is 0 Å². The molecule has 17 heavy (non-hydrogen) atoms. The molecule has 1 unspecified atom stereocenters. The van der Waals surface area contributed by atoms with E-state index in [0.717, 1.165) is 35.0 Å². The van der Waals surface area contributed by atoms with Crippen molar-refractivity contribution in [2.24, 2.45) is 0 Å². The van der Waals surface area contributed by atoms with Crippen LogP contribution in [-0.4, -0.2) is 21.4 Å². The van der Waals surface area contributed by atoms with Gasteiger partial charge in [-0.05, 0) is 41.3 Å². The highest BCUT2D eigenvalue weighted by Gasteiger charge is 2.20. The third kappa shape index (κ3) is 2.07. The monoisotopic (exact) mass is 315 g/mol. The van der Waals surface area contributed by atoms with E-state index in [4.69, 9.17) is 16.3 Å². The topological polar surface area (TPSA) is 39.9 Å². The molecule has 3 rings (SSSR count). The summed E-state index contributed by atoms with van der Waals surface area (Å²) in [7, 11) is 0. The lowest BCUT2D eigenvalue weighted by molar-refractivity contribution is -0.0368. The second kappa shape index (κ2) is 4.55. The third-order valence-electron chi connectivity index (χ3n) is 2.94. The average molecular weight is 317 g/mol. The molecular formula is C11H11BrClN3O. The Bertz CT molecular complexity index is 551. The Labute approximate surface area is 112 Å². The molecule has 2 aromatic heterocycles. The molecule has 3 heterocycles. The zero-order chi connectivity index (χ0) is 11.8. The maximum absolute atomic E-state index is 5.89. The van der Waals surface area contributed by atoms with Gasteiger partial charge in [0.2, 0.25) is 0 Å². The van der Waals surface area contributed by atoms with Crippen LogP contribution in [0.5, 0.6) is 0 Å². The second-order valence-electron chi connectivity index (χ2n) is 4.08. The number of hydrogen-bond donors (Lipinski definition) is 0. The van der Waals surface area contributed by atoms with Gasteiger partial charge < -0.3 is 4.74 Å².